The Morgan fingerprint density at radius 3 is 2.42 bits per heavy atom. The lowest BCUT2D eigenvalue weighted by atomic mass is 10.1. The Bertz CT molecular complexity index is 620. The van der Waals surface area contributed by atoms with E-state index in [1.54, 1.807) is 26.8 Å². The summed E-state index contributed by atoms with van der Waals surface area (Å²) < 4.78 is 32.6. The highest BCUT2D eigenvalue weighted by atomic mass is 79.9. The molecular formula is C17H23BrF2N2O2. The summed E-state index contributed by atoms with van der Waals surface area (Å²) in [6, 6.07) is 3.67. The predicted octanol–water partition coefficient (Wildman–Crippen LogP) is 5.34. The largest absolute Gasteiger partial charge is 0.444 e. The van der Waals surface area contributed by atoms with E-state index in [2.05, 4.69) is 21.2 Å². The van der Waals surface area contributed by atoms with E-state index in [0.29, 0.717) is 18.8 Å². The predicted molar refractivity (Wildman–Crippen MR) is 95.1 cm³/mol. The maximum Gasteiger partial charge on any atom is 0.412 e. The first-order chi connectivity index (χ1) is 11.0. The molecule has 134 valence electrons. The molecule has 0 bridgehead atoms. The van der Waals surface area contributed by atoms with Gasteiger partial charge in [-0.05, 0) is 61.3 Å². The van der Waals surface area contributed by atoms with Gasteiger partial charge in [-0.15, -0.1) is 0 Å². The number of alkyl halides is 2. The summed E-state index contributed by atoms with van der Waals surface area (Å²) in [6.07, 6.45) is -0.810. The van der Waals surface area contributed by atoms with E-state index < -0.39 is 17.6 Å². The van der Waals surface area contributed by atoms with Crippen LogP contribution in [0.5, 0.6) is 0 Å². The van der Waals surface area contributed by atoms with Crippen molar-refractivity contribution >= 4 is 33.4 Å². The van der Waals surface area contributed by atoms with Crippen molar-refractivity contribution in [3.05, 3.63) is 22.2 Å². The van der Waals surface area contributed by atoms with Gasteiger partial charge in [-0.1, -0.05) is 0 Å². The minimum absolute atomic E-state index is 0.142. The molecule has 0 aliphatic carbocycles. The molecule has 24 heavy (non-hydrogen) atoms. The van der Waals surface area contributed by atoms with Crippen molar-refractivity contribution in [2.24, 2.45) is 0 Å². The Hall–Kier alpha value is -1.37. The number of halogens is 3. The van der Waals surface area contributed by atoms with Crippen molar-refractivity contribution in [2.45, 2.75) is 52.1 Å². The van der Waals surface area contributed by atoms with Crippen LogP contribution in [0.4, 0.5) is 25.0 Å². The van der Waals surface area contributed by atoms with Crippen molar-refractivity contribution in [2.75, 3.05) is 23.3 Å². The molecule has 2 rings (SSSR count). The molecule has 4 nitrogen and oxygen atoms in total. The Kier molecular flexibility index (Phi) is 5.42. The number of anilines is 2. The van der Waals surface area contributed by atoms with Crippen LogP contribution >= 0.6 is 15.9 Å². The van der Waals surface area contributed by atoms with Crippen molar-refractivity contribution in [1.82, 2.24) is 0 Å². The molecule has 1 aliphatic rings. The van der Waals surface area contributed by atoms with Crippen LogP contribution < -0.4 is 10.2 Å². The van der Waals surface area contributed by atoms with Gasteiger partial charge in [0.1, 0.15) is 5.60 Å². The van der Waals surface area contributed by atoms with Crippen LogP contribution in [0, 0.1) is 6.92 Å². The zero-order chi connectivity index (χ0) is 18.1. The Morgan fingerprint density at radius 1 is 1.29 bits per heavy atom. The molecule has 1 saturated heterocycles. The summed E-state index contributed by atoms with van der Waals surface area (Å²) in [5, 5.41) is 2.72. The Balaban J connectivity index is 2.12. The number of rotatable bonds is 2. The van der Waals surface area contributed by atoms with E-state index in [0.717, 1.165) is 15.7 Å². The fraction of sp³-hybridized carbons (Fsp3) is 0.588. The van der Waals surface area contributed by atoms with Crippen LogP contribution in [0.25, 0.3) is 0 Å². The molecular weight excluding hydrogens is 382 g/mol. The van der Waals surface area contributed by atoms with Crippen molar-refractivity contribution in [3.8, 4) is 0 Å². The molecule has 1 aliphatic heterocycles. The van der Waals surface area contributed by atoms with Crippen LogP contribution in [0.15, 0.2) is 16.6 Å². The SMILES string of the molecule is Cc1cc(N2CCC(F)(F)CC2)c(Br)cc1NC(=O)OC(C)(C)C. The third kappa shape index (κ3) is 5.06. The maximum atomic E-state index is 13.3. The minimum atomic E-state index is -2.57. The van der Waals surface area contributed by atoms with Gasteiger partial charge in [0.15, 0.2) is 0 Å². The van der Waals surface area contributed by atoms with Crippen molar-refractivity contribution in [1.29, 1.82) is 0 Å². The second-order valence-corrected chi connectivity index (χ2v) is 7.94. The molecule has 0 radical (unpaired) electrons. The molecule has 0 saturated carbocycles. The fourth-order valence-corrected chi connectivity index (χ4v) is 3.13. The van der Waals surface area contributed by atoms with Gasteiger partial charge in [-0.3, -0.25) is 5.32 Å². The standard InChI is InChI=1S/C17H23BrF2N2O2/c1-11-9-14(22-7-5-17(19,20)6-8-22)12(18)10-13(11)21-15(23)24-16(2,3)4/h9-10H,5-8H2,1-4H3,(H,21,23). The van der Waals surface area contributed by atoms with Gasteiger partial charge in [0.25, 0.3) is 5.92 Å². The third-order valence-corrected chi connectivity index (χ3v) is 4.40. The Morgan fingerprint density at radius 2 is 1.88 bits per heavy atom. The van der Waals surface area contributed by atoms with Crippen LogP contribution in [-0.4, -0.2) is 30.7 Å². The highest BCUT2D eigenvalue weighted by Crippen LogP contribution is 2.36. The van der Waals surface area contributed by atoms with Gasteiger partial charge >= 0.3 is 6.09 Å². The molecule has 0 atom stereocenters. The number of amides is 1. The van der Waals surface area contributed by atoms with E-state index >= 15 is 0 Å². The van der Waals surface area contributed by atoms with Gasteiger partial charge in [0.05, 0.1) is 5.69 Å². The second kappa shape index (κ2) is 6.86. The Labute approximate surface area is 149 Å². The minimum Gasteiger partial charge on any atom is -0.444 e. The molecule has 7 heteroatoms. The van der Waals surface area contributed by atoms with E-state index in [1.165, 1.54) is 0 Å². The molecule has 0 spiro atoms. The van der Waals surface area contributed by atoms with Crippen molar-refractivity contribution < 1.29 is 18.3 Å². The van der Waals surface area contributed by atoms with Gasteiger partial charge in [0, 0.05) is 36.1 Å². The van der Waals surface area contributed by atoms with E-state index in [1.807, 2.05) is 17.9 Å². The van der Waals surface area contributed by atoms with Gasteiger partial charge < -0.3 is 9.64 Å². The molecule has 1 aromatic rings. The number of nitrogens with one attached hydrogen (secondary N) is 1. The smallest absolute Gasteiger partial charge is 0.412 e. The van der Waals surface area contributed by atoms with E-state index in [9.17, 15) is 13.6 Å². The molecule has 0 aromatic heterocycles. The number of hydrogen-bond donors (Lipinski definition) is 1. The zero-order valence-electron chi connectivity index (χ0n) is 14.4. The topological polar surface area (TPSA) is 41.6 Å². The lowest BCUT2D eigenvalue weighted by Gasteiger charge is -2.34. The summed E-state index contributed by atoms with van der Waals surface area (Å²) in [4.78, 5) is 13.8. The first-order valence-corrected chi connectivity index (χ1v) is 8.69. The highest BCUT2D eigenvalue weighted by molar-refractivity contribution is 9.10. The zero-order valence-corrected chi connectivity index (χ0v) is 16.0. The first-order valence-electron chi connectivity index (χ1n) is 7.90. The van der Waals surface area contributed by atoms with Gasteiger partial charge in [0.2, 0.25) is 0 Å². The number of carbonyl (C=O) groups excluding carboxylic acids is 1. The van der Waals surface area contributed by atoms with Crippen LogP contribution in [0.3, 0.4) is 0 Å². The summed E-state index contributed by atoms with van der Waals surface area (Å²) >= 11 is 3.48. The number of piperidine rings is 1. The highest BCUT2D eigenvalue weighted by Gasteiger charge is 2.34. The normalized spacial score (nSPS) is 17.5. The van der Waals surface area contributed by atoms with Crippen LogP contribution in [-0.2, 0) is 4.74 Å². The quantitative estimate of drug-likeness (QED) is 0.722. The number of hydrogen-bond acceptors (Lipinski definition) is 3. The molecule has 1 amide bonds. The maximum absolute atomic E-state index is 13.3. The van der Waals surface area contributed by atoms with Crippen LogP contribution in [0.2, 0.25) is 0 Å². The summed E-state index contributed by atoms with van der Waals surface area (Å²) in [5.74, 6) is -2.57. The van der Waals surface area contributed by atoms with Gasteiger partial charge in [-0.25, -0.2) is 13.6 Å². The van der Waals surface area contributed by atoms with E-state index in [-0.39, 0.29) is 12.8 Å². The molecule has 1 heterocycles. The number of aryl methyl sites for hydroxylation is 1. The molecule has 1 aromatic carbocycles. The lowest BCUT2D eigenvalue weighted by molar-refractivity contribution is -0.0220. The third-order valence-electron chi connectivity index (χ3n) is 3.77. The van der Waals surface area contributed by atoms with Crippen LogP contribution in [0.1, 0.15) is 39.2 Å². The van der Waals surface area contributed by atoms with Crippen molar-refractivity contribution in [3.63, 3.8) is 0 Å². The average Bonchev–Trinajstić information content (AvgIpc) is 2.41. The number of carbonyl (C=O) groups is 1. The first kappa shape index (κ1) is 19.0. The summed E-state index contributed by atoms with van der Waals surface area (Å²) in [6.45, 7) is 7.87. The lowest BCUT2D eigenvalue weighted by Crippen LogP contribution is -2.39. The number of nitrogens with zero attached hydrogens (tertiary/aromatic N) is 1. The van der Waals surface area contributed by atoms with Gasteiger partial charge in [-0.2, -0.15) is 0 Å². The summed E-state index contributed by atoms with van der Waals surface area (Å²) in [7, 11) is 0. The molecule has 1 fully saturated rings. The summed E-state index contributed by atoms with van der Waals surface area (Å²) in [5.41, 5.74) is 1.75. The number of benzene rings is 1. The fourth-order valence-electron chi connectivity index (χ4n) is 2.53. The monoisotopic (exact) mass is 404 g/mol. The van der Waals surface area contributed by atoms with E-state index in [4.69, 9.17) is 4.74 Å². The average molecular weight is 405 g/mol. The number of ether oxygens (including phenoxy) is 1. The second-order valence-electron chi connectivity index (χ2n) is 7.09. The molecule has 1 N–H and O–H groups in total. The molecule has 0 unspecified atom stereocenters.